The maximum atomic E-state index is 4.87. The van der Waals surface area contributed by atoms with Crippen LogP contribution in [0.25, 0.3) is 0 Å². The van der Waals surface area contributed by atoms with Crippen LogP contribution in [0.5, 0.6) is 0 Å². The first-order valence-electron chi connectivity index (χ1n) is 0.507. The number of halogens is 3. The van der Waals surface area contributed by atoms with Crippen molar-refractivity contribution < 1.29 is 0 Å². The molecule has 0 aromatic carbocycles. The molecule has 0 nitrogen and oxygen atoms in total. The standard InChI is InChI=1S/Ca.Cl3P/c;1-4(2)3. The number of rotatable bonds is 0. The summed E-state index contributed by atoms with van der Waals surface area (Å²) in [4.78, 5) is 0. The zero-order chi connectivity index (χ0) is 3.58. The van der Waals surface area contributed by atoms with Gasteiger partial charge in [0.1, 0.15) is 0 Å². The molecule has 2 radical (unpaired) electrons. The molecule has 0 aromatic heterocycles. The summed E-state index contributed by atoms with van der Waals surface area (Å²) < 4.78 is 0. The Bertz CT molecular complexity index is 11.6. The number of hydrogen-bond acceptors (Lipinski definition) is 0. The van der Waals surface area contributed by atoms with E-state index in [2.05, 4.69) is 0 Å². The Balaban J connectivity index is 0. The third-order valence-electron chi connectivity index (χ3n) is 0. The van der Waals surface area contributed by atoms with Gasteiger partial charge in [0.2, 0.25) is 0 Å². The molecule has 0 fully saturated rings. The third-order valence-corrected chi connectivity index (χ3v) is 0. The molecule has 0 amide bonds. The second-order valence-corrected chi connectivity index (χ2v) is 5.17. The van der Waals surface area contributed by atoms with Gasteiger partial charge in [0, 0.05) is 37.7 Å². The summed E-state index contributed by atoms with van der Waals surface area (Å²) in [5.41, 5.74) is 0. The van der Waals surface area contributed by atoms with Crippen molar-refractivity contribution in [2.45, 2.75) is 0 Å². The van der Waals surface area contributed by atoms with Crippen LogP contribution in [-0.2, 0) is 0 Å². The van der Waals surface area contributed by atoms with Crippen molar-refractivity contribution in [2.24, 2.45) is 0 Å². The summed E-state index contributed by atoms with van der Waals surface area (Å²) in [6.07, 6.45) is 0. The van der Waals surface area contributed by atoms with Crippen LogP contribution in [0.2, 0.25) is 0 Å². The molecule has 0 aliphatic heterocycles. The molecule has 0 aliphatic carbocycles. The van der Waals surface area contributed by atoms with E-state index in [4.69, 9.17) is 33.7 Å². The van der Waals surface area contributed by atoms with Crippen molar-refractivity contribution in [2.75, 3.05) is 0 Å². The van der Waals surface area contributed by atoms with Crippen LogP contribution in [0, 0.1) is 0 Å². The van der Waals surface area contributed by atoms with Crippen LogP contribution in [-0.4, -0.2) is 37.7 Å². The van der Waals surface area contributed by atoms with Crippen molar-refractivity contribution in [1.29, 1.82) is 0 Å². The molecule has 5 heavy (non-hydrogen) atoms. The first-order valence-corrected chi connectivity index (χ1v) is 4.56. The second-order valence-electron chi connectivity index (χ2n) is 0.192. The molecule has 5 heteroatoms. The molecule has 0 N–H and O–H groups in total. The normalized spacial score (nSPS) is 7.20. The monoisotopic (exact) mass is 176 g/mol. The van der Waals surface area contributed by atoms with Gasteiger partial charge in [0.25, 0.3) is 0 Å². The summed E-state index contributed by atoms with van der Waals surface area (Å²) in [6, 6.07) is 0. The predicted octanol–water partition coefficient (Wildman–Crippen LogP) is 2.55. The van der Waals surface area contributed by atoms with Crippen LogP contribution in [0.15, 0.2) is 0 Å². The van der Waals surface area contributed by atoms with Crippen molar-refractivity contribution in [3.05, 3.63) is 0 Å². The van der Waals surface area contributed by atoms with E-state index in [0.717, 1.165) is 0 Å². The van der Waals surface area contributed by atoms with Crippen molar-refractivity contribution >= 4 is 77.4 Å². The van der Waals surface area contributed by atoms with Gasteiger partial charge in [-0.1, -0.05) is 33.7 Å². The van der Waals surface area contributed by atoms with Crippen LogP contribution >= 0.6 is 39.7 Å². The molecular formula is CaCl3P. The fraction of sp³-hybridized carbons (Fsp3) is 0. The largest absolute Gasteiger partial charge is 0.179 e. The molecule has 0 heterocycles. The van der Waals surface area contributed by atoms with Gasteiger partial charge in [-0.3, -0.25) is 0 Å². The predicted molar refractivity (Wildman–Crippen MR) is 30.2 cm³/mol. The van der Waals surface area contributed by atoms with Gasteiger partial charge in [0.05, 0.1) is 0 Å². The van der Waals surface area contributed by atoms with Crippen molar-refractivity contribution in [1.82, 2.24) is 0 Å². The SMILES string of the molecule is ClP(Cl)Cl.[Ca]. The molecule has 28 valence electrons. The van der Waals surface area contributed by atoms with E-state index < -0.39 is 5.98 Å². The van der Waals surface area contributed by atoms with Crippen LogP contribution in [0.1, 0.15) is 0 Å². The smallest absolute Gasteiger partial charge is 0.0596 e. The van der Waals surface area contributed by atoms with Crippen molar-refractivity contribution in [3.8, 4) is 0 Å². The van der Waals surface area contributed by atoms with E-state index >= 15 is 0 Å². The fourth-order valence-electron chi connectivity index (χ4n) is 0. The summed E-state index contributed by atoms with van der Waals surface area (Å²) in [5, 5.41) is 0. The second kappa shape index (κ2) is 6.56. The van der Waals surface area contributed by atoms with Gasteiger partial charge in [0.15, 0.2) is 5.98 Å². The molecule has 0 atom stereocenters. The quantitative estimate of drug-likeness (QED) is 0.394. The Kier molecular flexibility index (Phi) is 13.8. The van der Waals surface area contributed by atoms with Crippen molar-refractivity contribution in [3.63, 3.8) is 0 Å². The van der Waals surface area contributed by atoms with Crippen LogP contribution < -0.4 is 0 Å². The summed E-state index contributed by atoms with van der Waals surface area (Å²) in [5.74, 6) is -1.20. The van der Waals surface area contributed by atoms with Gasteiger partial charge in [-0.05, 0) is 0 Å². The maximum Gasteiger partial charge on any atom is 0.179 e. The van der Waals surface area contributed by atoms with E-state index in [1.807, 2.05) is 0 Å². The Morgan fingerprint density at radius 3 is 1.00 bits per heavy atom. The molecule has 0 saturated carbocycles. The van der Waals surface area contributed by atoms with Gasteiger partial charge in [-0.25, -0.2) is 0 Å². The minimum atomic E-state index is -1.20. The minimum Gasteiger partial charge on any atom is -0.0596 e. The Hall–Kier alpha value is 2.56. The Morgan fingerprint density at radius 1 is 1.00 bits per heavy atom. The topological polar surface area (TPSA) is 0 Å². The van der Waals surface area contributed by atoms with Gasteiger partial charge >= 0.3 is 0 Å². The first-order chi connectivity index (χ1) is 1.73. The number of hydrogen-bond donors (Lipinski definition) is 0. The summed E-state index contributed by atoms with van der Waals surface area (Å²) in [6.45, 7) is 0. The van der Waals surface area contributed by atoms with E-state index in [-0.39, 0.29) is 37.7 Å². The average Bonchev–Trinajstić information content (AvgIpc) is 0.811. The third kappa shape index (κ3) is 20.8. The van der Waals surface area contributed by atoms with E-state index in [1.165, 1.54) is 0 Å². The van der Waals surface area contributed by atoms with Gasteiger partial charge < -0.3 is 0 Å². The van der Waals surface area contributed by atoms with Crippen LogP contribution in [0.4, 0.5) is 0 Å². The Morgan fingerprint density at radius 2 is 1.00 bits per heavy atom. The van der Waals surface area contributed by atoms with Crippen LogP contribution in [0.3, 0.4) is 0 Å². The molecule has 0 spiro atoms. The molecule has 0 rings (SSSR count). The Labute approximate surface area is 76.3 Å². The molecule has 0 saturated heterocycles. The summed E-state index contributed by atoms with van der Waals surface area (Å²) in [7, 11) is 0. The molecule has 0 aliphatic rings. The molecule has 0 unspecified atom stereocenters. The average molecular weight is 177 g/mol. The minimum absolute atomic E-state index is 0. The van der Waals surface area contributed by atoms with Gasteiger partial charge in [-0.15, -0.1) is 0 Å². The molecule has 0 bridgehead atoms. The summed E-state index contributed by atoms with van der Waals surface area (Å²) >= 11 is 14.6. The van der Waals surface area contributed by atoms with E-state index in [0.29, 0.717) is 0 Å². The fourth-order valence-corrected chi connectivity index (χ4v) is 0. The van der Waals surface area contributed by atoms with E-state index in [9.17, 15) is 0 Å². The molecule has 0 aromatic rings. The molecular weight excluding hydrogens is 177 g/mol. The maximum absolute atomic E-state index is 4.87. The van der Waals surface area contributed by atoms with Gasteiger partial charge in [-0.2, -0.15) is 0 Å². The first kappa shape index (κ1) is 10.5. The zero-order valence-electron chi connectivity index (χ0n) is 2.29. The zero-order valence-corrected chi connectivity index (χ0v) is 7.66. The van der Waals surface area contributed by atoms with E-state index in [1.54, 1.807) is 0 Å².